The fourth-order valence-corrected chi connectivity index (χ4v) is 1.35. The van der Waals surface area contributed by atoms with Gasteiger partial charge in [0, 0.05) is 6.04 Å². The first-order valence-electron chi connectivity index (χ1n) is 4.63. The normalized spacial score (nSPS) is 24.1. The van der Waals surface area contributed by atoms with E-state index in [9.17, 15) is 27.2 Å². The third-order valence-electron chi connectivity index (χ3n) is 2.29. The molecule has 0 bridgehead atoms. The number of carboxylic acids is 1. The van der Waals surface area contributed by atoms with Gasteiger partial charge < -0.3 is 10.4 Å². The van der Waals surface area contributed by atoms with Crippen LogP contribution in [0.4, 0.5) is 17.6 Å². The van der Waals surface area contributed by atoms with Crippen molar-refractivity contribution in [3.05, 3.63) is 12.2 Å². The van der Waals surface area contributed by atoms with Crippen LogP contribution in [0.25, 0.3) is 0 Å². The molecule has 0 saturated carbocycles. The monoisotopic (exact) mass is 255 g/mol. The van der Waals surface area contributed by atoms with Gasteiger partial charge in [-0.3, -0.25) is 9.59 Å². The molecule has 0 radical (unpaired) electrons. The van der Waals surface area contributed by atoms with Crippen LogP contribution < -0.4 is 5.32 Å². The number of amides is 1. The first kappa shape index (κ1) is 13.5. The number of hydrogen-bond acceptors (Lipinski definition) is 2. The number of aliphatic carboxylic acids is 1. The van der Waals surface area contributed by atoms with Crippen LogP contribution in [0.5, 0.6) is 0 Å². The molecule has 1 aliphatic carbocycles. The summed E-state index contributed by atoms with van der Waals surface area (Å²) in [4.78, 5) is 21.3. The Kier molecular flexibility index (Phi) is 3.74. The Morgan fingerprint density at radius 3 is 2.35 bits per heavy atom. The first-order chi connectivity index (χ1) is 7.75. The van der Waals surface area contributed by atoms with Crippen LogP contribution in [0.2, 0.25) is 0 Å². The highest BCUT2D eigenvalue weighted by Gasteiger charge is 2.49. The third kappa shape index (κ3) is 2.95. The van der Waals surface area contributed by atoms with E-state index in [2.05, 4.69) is 0 Å². The maximum absolute atomic E-state index is 12.5. The summed E-state index contributed by atoms with van der Waals surface area (Å²) in [5, 5.41) is 10.2. The average Bonchev–Trinajstić information content (AvgIpc) is 2.65. The van der Waals surface area contributed by atoms with E-state index in [1.807, 2.05) is 0 Å². The number of hydrogen-bond donors (Lipinski definition) is 2. The van der Waals surface area contributed by atoms with E-state index in [0.29, 0.717) is 0 Å². The van der Waals surface area contributed by atoms with Crippen LogP contribution in [-0.2, 0) is 9.59 Å². The van der Waals surface area contributed by atoms with Crippen LogP contribution in [-0.4, -0.2) is 35.4 Å². The molecular weight excluding hydrogens is 246 g/mol. The summed E-state index contributed by atoms with van der Waals surface area (Å²) in [6.07, 6.45) is -1.81. The molecule has 1 aliphatic rings. The fourth-order valence-electron chi connectivity index (χ4n) is 1.35. The molecule has 1 amide bonds. The number of carbonyl (C=O) groups excluding carboxylic acids is 1. The molecule has 0 aliphatic heterocycles. The summed E-state index contributed by atoms with van der Waals surface area (Å²) in [5.74, 6) is -8.94. The quantitative estimate of drug-likeness (QED) is 0.582. The molecule has 0 aromatic carbocycles. The highest BCUT2D eigenvalue weighted by molar-refractivity contribution is 5.84. The molecule has 0 spiro atoms. The number of carboxylic acid groups (broad SMARTS) is 1. The van der Waals surface area contributed by atoms with Gasteiger partial charge in [-0.2, -0.15) is 8.78 Å². The van der Waals surface area contributed by atoms with Gasteiger partial charge in [-0.05, 0) is 6.42 Å². The first-order valence-corrected chi connectivity index (χ1v) is 4.63. The summed E-state index contributed by atoms with van der Waals surface area (Å²) < 4.78 is 48.7. The Bertz CT molecular complexity index is 356. The van der Waals surface area contributed by atoms with Gasteiger partial charge in [-0.1, -0.05) is 12.2 Å². The highest BCUT2D eigenvalue weighted by Crippen LogP contribution is 2.24. The van der Waals surface area contributed by atoms with Crippen molar-refractivity contribution < 1.29 is 32.3 Å². The number of carbonyl (C=O) groups is 2. The summed E-state index contributed by atoms with van der Waals surface area (Å²) in [6.45, 7) is 0. The van der Waals surface area contributed by atoms with Gasteiger partial charge in [-0.15, -0.1) is 0 Å². The molecule has 8 heteroatoms. The Morgan fingerprint density at radius 2 is 1.94 bits per heavy atom. The lowest BCUT2D eigenvalue weighted by atomic mass is 10.1. The molecule has 2 N–H and O–H groups in total. The molecule has 0 aromatic rings. The fraction of sp³-hybridized carbons (Fsp3) is 0.556. The summed E-state index contributed by atoms with van der Waals surface area (Å²) >= 11 is 0. The minimum absolute atomic E-state index is 0.125. The van der Waals surface area contributed by atoms with Crippen LogP contribution in [0.3, 0.4) is 0 Å². The summed E-state index contributed by atoms with van der Waals surface area (Å²) in [6, 6.07) is -0.965. The second-order valence-electron chi connectivity index (χ2n) is 3.57. The van der Waals surface area contributed by atoms with Gasteiger partial charge >= 0.3 is 18.3 Å². The summed E-state index contributed by atoms with van der Waals surface area (Å²) in [7, 11) is 0. The molecule has 2 unspecified atom stereocenters. The van der Waals surface area contributed by atoms with E-state index in [-0.39, 0.29) is 6.42 Å². The van der Waals surface area contributed by atoms with Gasteiger partial charge in [0.1, 0.15) is 0 Å². The lowest BCUT2D eigenvalue weighted by molar-refractivity contribution is -0.170. The predicted octanol–water partition coefficient (Wildman–Crippen LogP) is 1.03. The van der Waals surface area contributed by atoms with E-state index in [1.165, 1.54) is 12.2 Å². The maximum Gasteiger partial charge on any atom is 0.383 e. The van der Waals surface area contributed by atoms with Crippen molar-refractivity contribution in [2.24, 2.45) is 5.92 Å². The molecule has 96 valence electrons. The molecule has 2 atom stereocenters. The molecule has 4 nitrogen and oxygen atoms in total. The lowest BCUT2D eigenvalue weighted by Crippen LogP contribution is -2.48. The molecule has 0 saturated heterocycles. The van der Waals surface area contributed by atoms with Crippen molar-refractivity contribution in [3.8, 4) is 0 Å². The number of rotatable bonds is 4. The van der Waals surface area contributed by atoms with Gasteiger partial charge in [0.15, 0.2) is 0 Å². The van der Waals surface area contributed by atoms with Crippen molar-refractivity contribution in [2.75, 3.05) is 0 Å². The zero-order valence-electron chi connectivity index (χ0n) is 8.37. The molecule has 1 rings (SSSR count). The van der Waals surface area contributed by atoms with Crippen LogP contribution in [0.15, 0.2) is 12.2 Å². The topological polar surface area (TPSA) is 66.4 Å². The van der Waals surface area contributed by atoms with Crippen molar-refractivity contribution in [1.29, 1.82) is 0 Å². The van der Waals surface area contributed by atoms with Crippen LogP contribution >= 0.6 is 0 Å². The van der Waals surface area contributed by atoms with Gasteiger partial charge in [0.2, 0.25) is 0 Å². The Labute approximate surface area is 93.3 Å². The van der Waals surface area contributed by atoms with Crippen molar-refractivity contribution in [2.45, 2.75) is 24.8 Å². The van der Waals surface area contributed by atoms with E-state index in [0.717, 1.165) is 0 Å². The second-order valence-corrected chi connectivity index (χ2v) is 3.57. The van der Waals surface area contributed by atoms with Crippen LogP contribution in [0.1, 0.15) is 6.42 Å². The minimum atomic E-state index is -4.77. The number of nitrogens with one attached hydrogen (secondary N) is 1. The molecular formula is C9H9F4NO3. The molecule has 17 heavy (non-hydrogen) atoms. The SMILES string of the molecule is O=C(O)C1C=CC(NC(=O)C(F)(F)C(F)F)C1. The maximum atomic E-state index is 12.5. The van der Waals surface area contributed by atoms with Crippen LogP contribution in [0, 0.1) is 5.92 Å². The molecule has 0 aromatic heterocycles. The zero-order chi connectivity index (χ0) is 13.2. The van der Waals surface area contributed by atoms with Gasteiger partial charge in [-0.25, -0.2) is 8.78 Å². The second kappa shape index (κ2) is 4.72. The van der Waals surface area contributed by atoms with E-state index >= 15 is 0 Å². The standard InChI is InChI=1S/C9H9F4NO3/c10-7(11)9(12,13)8(17)14-5-2-1-4(3-5)6(15)16/h1-2,4-5,7H,3H2,(H,14,17)(H,15,16). The Hall–Kier alpha value is -1.60. The third-order valence-corrected chi connectivity index (χ3v) is 2.29. The summed E-state index contributed by atoms with van der Waals surface area (Å²) in [5.41, 5.74) is 0. The van der Waals surface area contributed by atoms with Gasteiger partial charge in [0.25, 0.3) is 5.91 Å². The van der Waals surface area contributed by atoms with Crippen molar-refractivity contribution in [3.63, 3.8) is 0 Å². The van der Waals surface area contributed by atoms with E-state index in [4.69, 9.17) is 5.11 Å². The van der Waals surface area contributed by atoms with Crippen molar-refractivity contribution in [1.82, 2.24) is 5.32 Å². The number of halogens is 4. The zero-order valence-corrected chi connectivity index (χ0v) is 8.37. The largest absolute Gasteiger partial charge is 0.481 e. The predicted molar refractivity (Wildman–Crippen MR) is 47.8 cm³/mol. The average molecular weight is 255 g/mol. The Balaban J connectivity index is 2.55. The number of alkyl halides is 4. The van der Waals surface area contributed by atoms with Crippen molar-refractivity contribution >= 4 is 11.9 Å². The highest BCUT2D eigenvalue weighted by atomic mass is 19.3. The Morgan fingerprint density at radius 1 is 1.35 bits per heavy atom. The van der Waals surface area contributed by atoms with Gasteiger partial charge in [0.05, 0.1) is 5.92 Å². The smallest absolute Gasteiger partial charge is 0.383 e. The lowest BCUT2D eigenvalue weighted by Gasteiger charge is -2.18. The van der Waals surface area contributed by atoms with E-state index < -0.39 is 36.2 Å². The van der Waals surface area contributed by atoms with E-state index in [1.54, 1.807) is 5.32 Å². The molecule has 0 fully saturated rings. The minimum Gasteiger partial charge on any atom is -0.481 e. The molecule has 0 heterocycles.